The molecule has 0 saturated heterocycles. The van der Waals surface area contributed by atoms with E-state index in [-0.39, 0.29) is 16.8 Å². The Balaban J connectivity index is 2.64. The van der Waals surface area contributed by atoms with Crippen LogP contribution < -0.4 is 5.73 Å². The average Bonchev–Trinajstić information content (AvgIpc) is 2.38. The second kappa shape index (κ2) is 4.65. The number of anilines is 1. The minimum atomic E-state index is -4.44. The first-order valence-electron chi connectivity index (χ1n) is 5.39. The molecule has 0 saturated carbocycles. The number of rotatable bonds is 1. The zero-order chi connectivity index (χ0) is 14.0. The van der Waals surface area contributed by atoms with Crippen LogP contribution in [0.5, 0.6) is 0 Å². The Labute approximate surface area is 107 Å². The lowest BCUT2D eigenvalue weighted by Crippen LogP contribution is -2.07. The number of hydrogen-bond donors (Lipinski definition) is 1. The molecule has 0 aliphatic carbocycles. The van der Waals surface area contributed by atoms with Gasteiger partial charge in [0.05, 0.1) is 11.1 Å². The highest BCUT2D eigenvalue weighted by atomic mass is 19.4. The molecule has 0 atom stereocenters. The van der Waals surface area contributed by atoms with Crippen molar-refractivity contribution in [1.82, 2.24) is 0 Å². The Bertz CT molecular complexity index is 654. The first-order valence-corrected chi connectivity index (χ1v) is 5.39. The number of nitrogens with two attached hydrogens (primary N) is 1. The van der Waals surface area contributed by atoms with Crippen molar-refractivity contribution in [2.75, 3.05) is 5.73 Å². The molecule has 0 bridgehead atoms. The minimum Gasteiger partial charge on any atom is -0.398 e. The van der Waals surface area contributed by atoms with Crippen molar-refractivity contribution in [3.8, 4) is 17.2 Å². The number of hydrogen-bond acceptors (Lipinski definition) is 2. The van der Waals surface area contributed by atoms with E-state index in [1.165, 1.54) is 36.4 Å². The summed E-state index contributed by atoms with van der Waals surface area (Å²) >= 11 is 0. The van der Waals surface area contributed by atoms with Crippen LogP contribution >= 0.6 is 0 Å². The Hall–Kier alpha value is -2.48. The third-order valence-corrected chi connectivity index (χ3v) is 2.72. The molecule has 0 aliphatic heterocycles. The van der Waals surface area contributed by atoms with Crippen molar-refractivity contribution in [2.24, 2.45) is 0 Å². The van der Waals surface area contributed by atoms with Gasteiger partial charge in [-0.1, -0.05) is 24.3 Å². The van der Waals surface area contributed by atoms with Crippen LogP contribution in [-0.2, 0) is 6.18 Å². The first kappa shape index (κ1) is 13.0. The lowest BCUT2D eigenvalue weighted by molar-refractivity contribution is -0.137. The maximum atomic E-state index is 12.9. The summed E-state index contributed by atoms with van der Waals surface area (Å²) in [6.45, 7) is 0. The van der Waals surface area contributed by atoms with Gasteiger partial charge in [-0.15, -0.1) is 0 Å². The predicted molar refractivity (Wildman–Crippen MR) is 66.0 cm³/mol. The standard InChI is InChI=1S/C14H9F3N2/c15-14(16,17)12-4-2-1-3-11(12)9-5-6-13(19)10(7-9)8-18/h1-7H,19H2. The quantitative estimate of drug-likeness (QED) is 0.794. The van der Waals surface area contributed by atoms with Gasteiger partial charge in [0.25, 0.3) is 0 Å². The van der Waals surface area contributed by atoms with Crippen LogP contribution in [0.4, 0.5) is 18.9 Å². The molecule has 0 heterocycles. The third-order valence-electron chi connectivity index (χ3n) is 2.72. The summed E-state index contributed by atoms with van der Waals surface area (Å²) in [6.07, 6.45) is -4.44. The van der Waals surface area contributed by atoms with Crippen molar-refractivity contribution < 1.29 is 13.2 Å². The molecular weight excluding hydrogens is 253 g/mol. The lowest BCUT2D eigenvalue weighted by Gasteiger charge is -2.13. The summed E-state index contributed by atoms with van der Waals surface area (Å²) in [7, 11) is 0. The maximum absolute atomic E-state index is 12.9. The van der Waals surface area contributed by atoms with Gasteiger partial charge in [0.2, 0.25) is 0 Å². The van der Waals surface area contributed by atoms with Crippen LogP contribution in [0.25, 0.3) is 11.1 Å². The summed E-state index contributed by atoms with van der Waals surface area (Å²) in [5.74, 6) is 0. The molecule has 0 aliphatic rings. The van der Waals surface area contributed by atoms with Crippen LogP contribution in [0.1, 0.15) is 11.1 Å². The average molecular weight is 262 g/mol. The highest BCUT2D eigenvalue weighted by Crippen LogP contribution is 2.37. The summed E-state index contributed by atoms with van der Waals surface area (Å²) in [4.78, 5) is 0. The van der Waals surface area contributed by atoms with Crippen LogP contribution in [0.2, 0.25) is 0 Å². The molecule has 0 unspecified atom stereocenters. The second-order valence-electron chi connectivity index (χ2n) is 3.96. The monoisotopic (exact) mass is 262 g/mol. The van der Waals surface area contributed by atoms with Gasteiger partial charge in [0.15, 0.2) is 0 Å². The molecule has 96 valence electrons. The van der Waals surface area contributed by atoms with Gasteiger partial charge >= 0.3 is 6.18 Å². The number of benzene rings is 2. The maximum Gasteiger partial charge on any atom is 0.417 e. The summed E-state index contributed by atoms with van der Waals surface area (Å²) in [5, 5.41) is 8.87. The highest BCUT2D eigenvalue weighted by molar-refractivity contribution is 5.72. The van der Waals surface area contributed by atoms with E-state index in [0.29, 0.717) is 5.56 Å². The molecule has 2 rings (SSSR count). The Morgan fingerprint density at radius 1 is 1.05 bits per heavy atom. The molecular formula is C14H9F3N2. The first-order chi connectivity index (χ1) is 8.93. The topological polar surface area (TPSA) is 49.8 Å². The Morgan fingerprint density at radius 2 is 1.74 bits per heavy atom. The normalized spacial score (nSPS) is 11.1. The molecule has 0 fully saturated rings. The molecule has 0 aromatic heterocycles. The molecule has 2 aromatic carbocycles. The molecule has 0 spiro atoms. The van der Waals surface area contributed by atoms with E-state index in [0.717, 1.165) is 6.07 Å². The molecule has 2 aromatic rings. The van der Waals surface area contributed by atoms with Crippen LogP contribution in [0.3, 0.4) is 0 Å². The van der Waals surface area contributed by atoms with Gasteiger partial charge in [-0.2, -0.15) is 18.4 Å². The second-order valence-corrected chi connectivity index (χ2v) is 3.96. The van der Waals surface area contributed by atoms with Gasteiger partial charge < -0.3 is 5.73 Å². The van der Waals surface area contributed by atoms with E-state index in [2.05, 4.69) is 0 Å². The third kappa shape index (κ3) is 2.52. The van der Waals surface area contributed by atoms with Crippen molar-refractivity contribution in [2.45, 2.75) is 6.18 Å². The number of halogens is 3. The smallest absolute Gasteiger partial charge is 0.398 e. The minimum absolute atomic E-state index is 0.0338. The fourth-order valence-corrected chi connectivity index (χ4v) is 1.80. The molecule has 2 nitrogen and oxygen atoms in total. The molecule has 0 amide bonds. The fraction of sp³-hybridized carbons (Fsp3) is 0.0714. The largest absolute Gasteiger partial charge is 0.417 e. The van der Waals surface area contributed by atoms with Gasteiger partial charge in [-0.3, -0.25) is 0 Å². The molecule has 2 N–H and O–H groups in total. The van der Waals surface area contributed by atoms with Gasteiger partial charge in [-0.25, -0.2) is 0 Å². The van der Waals surface area contributed by atoms with E-state index in [1.54, 1.807) is 0 Å². The van der Waals surface area contributed by atoms with Crippen molar-refractivity contribution in [1.29, 1.82) is 5.26 Å². The van der Waals surface area contributed by atoms with E-state index in [1.807, 2.05) is 6.07 Å². The van der Waals surface area contributed by atoms with Crippen molar-refractivity contribution in [3.63, 3.8) is 0 Å². The van der Waals surface area contributed by atoms with Crippen molar-refractivity contribution in [3.05, 3.63) is 53.6 Å². The van der Waals surface area contributed by atoms with Gasteiger partial charge in [0.1, 0.15) is 6.07 Å². The fourth-order valence-electron chi connectivity index (χ4n) is 1.80. The van der Waals surface area contributed by atoms with E-state index < -0.39 is 11.7 Å². The van der Waals surface area contributed by atoms with E-state index in [4.69, 9.17) is 11.0 Å². The molecule has 5 heteroatoms. The Kier molecular flexibility index (Phi) is 3.17. The SMILES string of the molecule is N#Cc1cc(-c2ccccc2C(F)(F)F)ccc1N. The zero-order valence-corrected chi connectivity index (χ0v) is 9.70. The molecule has 19 heavy (non-hydrogen) atoms. The summed E-state index contributed by atoms with van der Waals surface area (Å²) in [5.41, 5.74) is 5.58. The van der Waals surface area contributed by atoms with Crippen LogP contribution in [-0.4, -0.2) is 0 Å². The van der Waals surface area contributed by atoms with E-state index >= 15 is 0 Å². The highest BCUT2D eigenvalue weighted by Gasteiger charge is 2.33. The molecule has 0 radical (unpaired) electrons. The number of nitrogens with zero attached hydrogens (tertiary/aromatic N) is 1. The van der Waals surface area contributed by atoms with Gasteiger partial charge in [0, 0.05) is 5.69 Å². The van der Waals surface area contributed by atoms with Crippen LogP contribution in [0, 0.1) is 11.3 Å². The van der Waals surface area contributed by atoms with Crippen LogP contribution in [0.15, 0.2) is 42.5 Å². The number of nitriles is 1. The summed E-state index contributed by atoms with van der Waals surface area (Å²) in [6, 6.07) is 11.4. The Morgan fingerprint density at radius 3 is 2.37 bits per heavy atom. The number of alkyl halides is 3. The lowest BCUT2D eigenvalue weighted by atomic mass is 9.97. The zero-order valence-electron chi connectivity index (χ0n) is 9.70. The van der Waals surface area contributed by atoms with Crippen molar-refractivity contribution >= 4 is 5.69 Å². The summed E-state index contributed by atoms with van der Waals surface area (Å²) < 4.78 is 38.7. The predicted octanol–water partition coefficient (Wildman–Crippen LogP) is 3.83. The van der Waals surface area contributed by atoms with E-state index in [9.17, 15) is 13.2 Å². The van der Waals surface area contributed by atoms with Gasteiger partial charge in [-0.05, 0) is 29.3 Å². The number of nitrogen functional groups attached to an aromatic ring is 1.